The fourth-order valence-electron chi connectivity index (χ4n) is 0.658. The van der Waals surface area contributed by atoms with Crippen molar-refractivity contribution in [1.29, 1.82) is 0 Å². The summed E-state index contributed by atoms with van der Waals surface area (Å²) < 4.78 is 4.87. The fraction of sp³-hybridized carbons (Fsp3) is 0.143. The predicted molar refractivity (Wildman–Crippen MR) is 36.3 cm³/mol. The van der Waals surface area contributed by atoms with Crippen LogP contribution in [-0.2, 0) is 0 Å². The van der Waals surface area contributed by atoms with Gasteiger partial charge in [0.1, 0.15) is 5.75 Å². The molecular formula is C7H8O3. The Balaban J connectivity index is 2.87. The lowest BCUT2D eigenvalue weighted by molar-refractivity contribution is -0.137. The molecule has 3 heteroatoms. The Hall–Kier alpha value is -1.22. The van der Waals surface area contributed by atoms with Crippen molar-refractivity contribution in [2.45, 2.75) is 0 Å². The van der Waals surface area contributed by atoms with E-state index in [-0.39, 0.29) is 0 Å². The minimum atomic E-state index is 0.374. The van der Waals surface area contributed by atoms with Crippen molar-refractivity contribution in [1.82, 2.24) is 0 Å². The van der Waals surface area contributed by atoms with E-state index in [1.807, 2.05) is 0 Å². The number of methoxy groups -OCH3 is 1. The minimum Gasteiger partial charge on any atom is -0.497 e. The van der Waals surface area contributed by atoms with Crippen LogP contribution in [0.3, 0.4) is 0 Å². The van der Waals surface area contributed by atoms with E-state index in [1.54, 1.807) is 31.4 Å². The molecule has 0 saturated heterocycles. The molecule has 0 aliphatic rings. The summed E-state index contributed by atoms with van der Waals surface area (Å²) in [6, 6.07) is 6.70. The number of benzene rings is 1. The molecule has 0 bridgehead atoms. The molecule has 0 heterocycles. The Labute approximate surface area is 58.7 Å². The maximum atomic E-state index is 8.20. The average molecular weight is 140 g/mol. The first kappa shape index (κ1) is 6.89. The van der Waals surface area contributed by atoms with Gasteiger partial charge in [-0.15, -0.1) is 0 Å². The van der Waals surface area contributed by atoms with Crippen molar-refractivity contribution in [2.24, 2.45) is 0 Å². The topological polar surface area (TPSA) is 38.7 Å². The number of hydrogen-bond acceptors (Lipinski definition) is 3. The second kappa shape index (κ2) is 3.08. The highest BCUT2D eigenvalue weighted by Crippen LogP contribution is 2.17. The van der Waals surface area contributed by atoms with Crippen LogP contribution in [0.5, 0.6) is 11.5 Å². The summed E-state index contributed by atoms with van der Waals surface area (Å²) in [6.45, 7) is 0. The molecule has 0 spiro atoms. The summed E-state index contributed by atoms with van der Waals surface area (Å²) in [5.74, 6) is 1.03. The van der Waals surface area contributed by atoms with E-state index in [2.05, 4.69) is 4.89 Å². The molecule has 54 valence electrons. The Kier molecular flexibility index (Phi) is 2.12. The Morgan fingerprint density at radius 1 is 1.30 bits per heavy atom. The van der Waals surface area contributed by atoms with Gasteiger partial charge in [0.15, 0.2) is 5.75 Å². The average Bonchev–Trinajstić information content (AvgIpc) is 2.05. The number of ether oxygens (including phenoxy) is 1. The highest BCUT2D eigenvalue weighted by molar-refractivity contribution is 5.32. The first-order valence-corrected chi connectivity index (χ1v) is 2.82. The third-order valence-electron chi connectivity index (χ3n) is 1.15. The van der Waals surface area contributed by atoms with Gasteiger partial charge in [0.2, 0.25) is 0 Å². The van der Waals surface area contributed by atoms with Crippen LogP contribution in [0.15, 0.2) is 24.3 Å². The summed E-state index contributed by atoms with van der Waals surface area (Å²) in [7, 11) is 1.55. The summed E-state index contributed by atoms with van der Waals surface area (Å²) in [5, 5.41) is 8.20. The monoisotopic (exact) mass is 140 g/mol. The summed E-state index contributed by atoms with van der Waals surface area (Å²) in [6.07, 6.45) is 0. The summed E-state index contributed by atoms with van der Waals surface area (Å²) >= 11 is 0. The molecule has 3 nitrogen and oxygen atoms in total. The fourth-order valence-corrected chi connectivity index (χ4v) is 0.658. The van der Waals surface area contributed by atoms with Gasteiger partial charge in [0, 0.05) is 6.07 Å². The second-order valence-electron chi connectivity index (χ2n) is 1.77. The predicted octanol–water partition coefficient (Wildman–Crippen LogP) is 1.55. The molecule has 0 radical (unpaired) electrons. The lowest BCUT2D eigenvalue weighted by Crippen LogP contribution is -1.85. The van der Waals surface area contributed by atoms with Crippen molar-refractivity contribution < 1.29 is 14.9 Å². The van der Waals surface area contributed by atoms with E-state index in [1.165, 1.54) is 0 Å². The van der Waals surface area contributed by atoms with Crippen molar-refractivity contribution >= 4 is 0 Å². The van der Waals surface area contributed by atoms with Gasteiger partial charge in [-0.1, -0.05) is 6.07 Å². The molecule has 0 amide bonds. The normalized spacial score (nSPS) is 9.00. The molecule has 0 aromatic heterocycles. The third-order valence-corrected chi connectivity index (χ3v) is 1.15. The SMILES string of the molecule is COc1cccc(OO)c1. The Morgan fingerprint density at radius 2 is 2.00 bits per heavy atom. The van der Waals surface area contributed by atoms with E-state index in [4.69, 9.17) is 9.99 Å². The first-order valence-electron chi connectivity index (χ1n) is 2.82. The molecule has 10 heavy (non-hydrogen) atoms. The lowest BCUT2D eigenvalue weighted by atomic mass is 10.3. The van der Waals surface area contributed by atoms with Crippen LogP contribution in [0, 0.1) is 0 Å². The van der Waals surface area contributed by atoms with Gasteiger partial charge in [0.25, 0.3) is 0 Å². The maximum absolute atomic E-state index is 8.20. The van der Waals surface area contributed by atoms with E-state index in [9.17, 15) is 0 Å². The maximum Gasteiger partial charge on any atom is 0.168 e. The zero-order valence-electron chi connectivity index (χ0n) is 5.57. The number of hydrogen-bond donors (Lipinski definition) is 1. The molecule has 1 N–H and O–H groups in total. The van der Waals surface area contributed by atoms with Crippen LogP contribution < -0.4 is 9.62 Å². The highest BCUT2D eigenvalue weighted by atomic mass is 17.1. The number of rotatable bonds is 2. The van der Waals surface area contributed by atoms with Crippen LogP contribution >= 0.6 is 0 Å². The van der Waals surface area contributed by atoms with Crippen molar-refractivity contribution in [3.05, 3.63) is 24.3 Å². The molecule has 1 aromatic rings. The Bertz CT molecular complexity index is 191. The van der Waals surface area contributed by atoms with E-state index >= 15 is 0 Å². The molecule has 0 unspecified atom stereocenters. The van der Waals surface area contributed by atoms with Gasteiger partial charge < -0.3 is 9.62 Å². The van der Waals surface area contributed by atoms with Crippen molar-refractivity contribution in [2.75, 3.05) is 7.11 Å². The Morgan fingerprint density at radius 3 is 2.60 bits per heavy atom. The van der Waals surface area contributed by atoms with Gasteiger partial charge >= 0.3 is 0 Å². The molecule has 0 atom stereocenters. The summed E-state index contributed by atoms with van der Waals surface area (Å²) in [5.41, 5.74) is 0. The van der Waals surface area contributed by atoms with Gasteiger partial charge in [-0.3, -0.25) is 0 Å². The lowest BCUT2D eigenvalue weighted by Gasteiger charge is -1.99. The van der Waals surface area contributed by atoms with Crippen LogP contribution in [0.1, 0.15) is 0 Å². The minimum absolute atomic E-state index is 0.374. The van der Waals surface area contributed by atoms with Gasteiger partial charge in [-0.25, -0.2) is 5.26 Å². The third kappa shape index (κ3) is 1.39. The molecule has 1 rings (SSSR count). The van der Waals surface area contributed by atoms with Crippen LogP contribution in [0.2, 0.25) is 0 Å². The van der Waals surface area contributed by atoms with E-state index < -0.39 is 0 Å². The summed E-state index contributed by atoms with van der Waals surface area (Å²) in [4.78, 5) is 3.98. The zero-order valence-corrected chi connectivity index (χ0v) is 5.57. The van der Waals surface area contributed by atoms with E-state index in [0.717, 1.165) is 0 Å². The quantitative estimate of drug-likeness (QED) is 0.500. The molecule has 0 aliphatic carbocycles. The van der Waals surface area contributed by atoms with Gasteiger partial charge in [-0.05, 0) is 12.1 Å². The first-order chi connectivity index (χ1) is 4.86. The van der Waals surface area contributed by atoms with E-state index in [0.29, 0.717) is 11.5 Å². The van der Waals surface area contributed by atoms with Crippen LogP contribution in [0.4, 0.5) is 0 Å². The zero-order chi connectivity index (χ0) is 7.40. The smallest absolute Gasteiger partial charge is 0.168 e. The largest absolute Gasteiger partial charge is 0.497 e. The molecule has 0 aliphatic heterocycles. The molecule has 1 aromatic carbocycles. The molecule has 0 saturated carbocycles. The molecule has 0 fully saturated rings. The molecular weight excluding hydrogens is 132 g/mol. The van der Waals surface area contributed by atoms with Gasteiger partial charge in [0.05, 0.1) is 7.11 Å². The second-order valence-corrected chi connectivity index (χ2v) is 1.77. The van der Waals surface area contributed by atoms with Crippen LogP contribution in [-0.4, -0.2) is 12.4 Å². The van der Waals surface area contributed by atoms with Crippen molar-refractivity contribution in [3.8, 4) is 11.5 Å². The highest BCUT2D eigenvalue weighted by Gasteiger charge is 1.93. The van der Waals surface area contributed by atoms with Gasteiger partial charge in [-0.2, -0.15) is 0 Å². The standard InChI is InChI=1S/C7H8O3/c1-9-6-3-2-4-7(5-6)10-8/h2-5,8H,1H3. The van der Waals surface area contributed by atoms with Crippen molar-refractivity contribution in [3.63, 3.8) is 0 Å². The van der Waals surface area contributed by atoms with Crippen LogP contribution in [0.25, 0.3) is 0 Å².